The van der Waals surface area contributed by atoms with Gasteiger partial charge in [-0.2, -0.15) is 0 Å². The van der Waals surface area contributed by atoms with Gasteiger partial charge in [0.2, 0.25) is 0 Å². The number of carboxylic acid groups (broad SMARTS) is 1. The lowest BCUT2D eigenvalue weighted by Gasteiger charge is -2.44. The Morgan fingerprint density at radius 1 is 1.08 bits per heavy atom. The summed E-state index contributed by atoms with van der Waals surface area (Å²) in [6.07, 6.45) is 4.06. The molecule has 2 N–H and O–H groups in total. The highest BCUT2D eigenvalue weighted by atomic mass is 16.4. The Labute approximate surface area is 154 Å². The number of aromatic carboxylic acids is 1. The van der Waals surface area contributed by atoms with Gasteiger partial charge in [-0.1, -0.05) is 29.8 Å². The number of anilines is 1. The van der Waals surface area contributed by atoms with E-state index in [-0.39, 0.29) is 6.04 Å². The summed E-state index contributed by atoms with van der Waals surface area (Å²) in [4.78, 5) is 11.2. The minimum absolute atomic E-state index is 0.284. The molecule has 2 bridgehead atoms. The normalized spacial score (nSPS) is 31.2. The van der Waals surface area contributed by atoms with Gasteiger partial charge >= 0.3 is 5.97 Å². The van der Waals surface area contributed by atoms with Crippen molar-refractivity contribution in [3.63, 3.8) is 0 Å². The van der Waals surface area contributed by atoms with Crippen LogP contribution in [0.1, 0.15) is 63.8 Å². The summed E-state index contributed by atoms with van der Waals surface area (Å²) in [6.45, 7) is 4.41. The zero-order chi connectivity index (χ0) is 18.0. The summed E-state index contributed by atoms with van der Waals surface area (Å²) in [5, 5.41) is 13.1. The molecule has 2 aromatic rings. The zero-order valence-electron chi connectivity index (χ0n) is 15.3. The topological polar surface area (TPSA) is 49.3 Å². The molecule has 134 valence electrons. The maximum atomic E-state index is 11.2. The first kappa shape index (κ1) is 15.9. The highest BCUT2D eigenvalue weighted by Crippen LogP contribution is 2.64. The van der Waals surface area contributed by atoms with Crippen LogP contribution in [0.25, 0.3) is 0 Å². The highest BCUT2D eigenvalue weighted by molar-refractivity contribution is 5.87. The van der Waals surface area contributed by atoms with Crippen LogP contribution in [0.2, 0.25) is 0 Å². The Bertz CT molecular complexity index is 886. The fraction of sp³-hybridized carbons (Fsp3) is 0.435. The van der Waals surface area contributed by atoms with E-state index in [4.69, 9.17) is 0 Å². The molecule has 0 amide bonds. The fourth-order valence-electron chi connectivity index (χ4n) is 6.13. The second-order valence-corrected chi connectivity index (χ2v) is 8.53. The van der Waals surface area contributed by atoms with Crippen molar-refractivity contribution in [3.05, 3.63) is 64.2 Å². The maximum Gasteiger partial charge on any atom is 0.335 e. The molecular weight excluding hydrogens is 322 g/mol. The number of aryl methyl sites for hydroxylation is 2. The molecule has 5 rings (SSSR count). The van der Waals surface area contributed by atoms with E-state index in [0.29, 0.717) is 17.4 Å². The van der Waals surface area contributed by atoms with Gasteiger partial charge in [-0.3, -0.25) is 0 Å². The van der Waals surface area contributed by atoms with Gasteiger partial charge in [0.15, 0.2) is 0 Å². The van der Waals surface area contributed by atoms with E-state index in [9.17, 15) is 9.90 Å². The van der Waals surface area contributed by atoms with E-state index in [2.05, 4.69) is 31.3 Å². The molecule has 2 aliphatic carbocycles. The number of carbonyl (C=O) groups is 1. The predicted octanol–water partition coefficient (Wildman–Crippen LogP) is 5.30. The van der Waals surface area contributed by atoms with Gasteiger partial charge in [0.05, 0.1) is 11.6 Å². The lowest BCUT2D eigenvalue weighted by atomic mass is 9.67. The predicted molar refractivity (Wildman–Crippen MR) is 103 cm³/mol. The van der Waals surface area contributed by atoms with Crippen molar-refractivity contribution in [2.45, 2.75) is 45.1 Å². The van der Waals surface area contributed by atoms with Gasteiger partial charge in [-0.15, -0.1) is 0 Å². The second-order valence-electron chi connectivity index (χ2n) is 8.53. The molecule has 5 atom stereocenters. The Hall–Kier alpha value is -2.29. The monoisotopic (exact) mass is 347 g/mol. The summed E-state index contributed by atoms with van der Waals surface area (Å²) < 4.78 is 0. The van der Waals surface area contributed by atoms with E-state index in [1.165, 1.54) is 47.2 Å². The van der Waals surface area contributed by atoms with Crippen LogP contribution in [0.15, 0.2) is 36.4 Å². The van der Waals surface area contributed by atoms with Crippen LogP contribution in [-0.4, -0.2) is 11.1 Å². The molecule has 0 unspecified atom stereocenters. The second kappa shape index (κ2) is 5.60. The van der Waals surface area contributed by atoms with Gasteiger partial charge in [0.1, 0.15) is 0 Å². The van der Waals surface area contributed by atoms with Crippen molar-refractivity contribution in [1.29, 1.82) is 0 Å². The van der Waals surface area contributed by atoms with Crippen molar-refractivity contribution in [3.8, 4) is 0 Å². The van der Waals surface area contributed by atoms with Crippen molar-refractivity contribution >= 4 is 11.7 Å². The molecule has 1 heterocycles. The number of hydrogen-bond donors (Lipinski definition) is 2. The van der Waals surface area contributed by atoms with Crippen LogP contribution in [0.3, 0.4) is 0 Å². The number of fused-ring (bicyclic) bond motifs is 7. The molecule has 2 fully saturated rings. The molecule has 0 saturated heterocycles. The number of carboxylic acids is 1. The molecule has 0 radical (unpaired) electrons. The van der Waals surface area contributed by atoms with Crippen LogP contribution in [0, 0.1) is 31.6 Å². The van der Waals surface area contributed by atoms with Crippen LogP contribution < -0.4 is 5.32 Å². The molecule has 2 aromatic carbocycles. The molecule has 3 heteroatoms. The van der Waals surface area contributed by atoms with Gasteiger partial charge in [-0.05, 0) is 85.6 Å². The fourth-order valence-corrected chi connectivity index (χ4v) is 6.13. The summed E-state index contributed by atoms with van der Waals surface area (Å²) in [5.74, 6) is 2.01. The van der Waals surface area contributed by atoms with Gasteiger partial charge in [0.25, 0.3) is 0 Å². The number of nitrogens with one attached hydrogen (secondary N) is 1. The largest absolute Gasteiger partial charge is 0.478 e. The van der Waals surface area contributed by atoms with Crippen LogP contribution in [0.4, 0.5) is 5.69 Å². The van der Waals surface area contributed by atoms with Crippen molar-refractivity contribution in [2.24, 2.45) is 17.8 Å². The van der Waals surface area contributed by atoms with E-state index >= 15 is 0 Å². The lowest BCUT2D eigenvalue weighted by molar-refractivity contribution is 0.0697. The van der Waals surface area contributed by atoms with E-state index in [1.54, 1.807) is 12.1 Å². The third-order valence-corrected chi connectivity index (χ3v) is 7.05. The summed E-state index contributed by atoms with van der Waals surface area (Å²) in [6, 6.07) is 12.5. The molecule has 2 saturated carbocycles. The Kier molecular flexibility index (Phi) is 3.43. The average Bonchev–Trinajstić information content (AvgIpc) is 3.23. The first-order valence-corrected chi connectivity index (χ1v) is 9.74. The minimum Gasteiger partial charge on any atom is -0.478 e. The first-order valence-electron chi connectivity index (χ1n) is 9.74. The van der Waals surface area contributed by atoms with Gasteiger partial charge < -0.3 is 10.4 Å². The smallest absolute Gasteiger partial charge is 0.335 e. The Morgan fingerprint density at radius 2 is 1.81 bits per heavy atom. The van der Waals surface area contributed by atoms with Crippen molar-refractivity contribution < 1.29 is 9.90 Å². The quantitative estimate of drug-likeness (QED) is 0.775. The molecule has 0 spiro atoms. The van der Waals surface area contributed by atoms with Gasteiger partial charge in [-0.25, -0.2) is 4.79 Å². The molecule has 0 aromatic heterocycles. The summed E-state index contributed by atoms with van der Waals surface area (Å²) in [5.41, 5.74) is 7.11. The molecular formula is C23H25NO2. The number of benzene rings is 2. The molecule has 26 heavy (non-hydrogen) atoms. The third kappa shape index (κ3) is 2.22. The van der Waals surface area contributed by atoms with Crippen LogP contribution in [0.5, 0.6) is 0 Å². The SMILES string of the molecule is Cc1cc(C)c2c(c1)[C@@H]1[C@H]3CC[C@@H](C3)[C@@H]1[C@H](c1ccc(C(=O)O)cc1)N2. The summed E-state index contributed by atoms with van der Waals surface area (Å²) in [7, 11) is 0. The van der Waals surface area contributed by atoms with Crippen LogP contribution in [-0.2, 0) is 0 Å². The minimum atomic E-state index is -0.859. The van der Waals surface area contributed by atoms with Crippen molar-refractivity contribution in [2.75, 3.05) is 5.32 Å². The summed E-state index contributed by atoms with van der Waals surface area (Å²) >= 11 is 0. The zero-order valence-corrected chi connectivity index (χ0v) is 15.3. The molecule has 3 nitrogen and oxygen atoms in total. The average molecular weight is 347 g/mol. The van der Waals surface area contributed by atoms with E-state index in [1.807, 2.05) is 12.1 Å². The standard InChI is InChI=1S/C23H25NO2/c1-12-9-13(2)21-18(10-12)19-16-7-8-17(11-16)20(19)22(24-21)14-3-5-15(6-4-14)23(25)26/h3-6,9-10,16-17,19-20,22,24H,7-8,11H2,1-2H3,(H,25,26)/t16-,17-,19-,20-,22-/m0/s1. The maximum absolute atomic E-state index is 11.2. The van der Waals surface area contributed by atoms with Crippen LogP contribution >= 0.6 is 0 Å². The number of hydrogen-bond acceptors (Lipinski definition) is 2. The highest BCUT2D eigenvalue weighted by Gasteiger charge is 2.53. The number of rotatable bonds is 2. The Balaban J connectivity index is 1.61. The third-order valence-electron chi connectivity index (χ3n) is 7.05. The van der Waals surface area contributed by atoms with E-state index < -0.39 is 5.97 Å². The lowest BCUT2D eigenvalue weighted by Crippen LogP contribution is -2.35. The molecule has 3 aliphatic rings. The van der Waals surface area contributed by atoms with Crippen molar-refractivity contribution in [1.82, 2.24) is 0 Å². The first-order chi connectivity index (χ1) is 12.5. The Morgan fingerprint density at radius 3 is 2.54 bits per heavy atom. The van der Waals surface area contributed by atoms with E-state index in [0.717, 1.165) is 11.8 Å². The van der Waals surface area contributed by atoms with Gasteiger partial charge in [0, 0.05) is 5.69 Å². The molecule has 1 aliphatic heterocycles.